The Morgan fingerprint density at radius 1 is 1.00 bits per heavy atom. The van der Waals surface area contributed by atoms with Crippen LogP contribution in [0.15, 0.2) is 6.07 Å². The first-order valence-electron chi connectivity index (χ1n) is 7.82. The molecule has 1 aromatic carbocycles. The molecule has 0 amide bonds. The smallest absolute Gasteiger partial charge is 0.126 e. The van der Waals surface area contributed by atoms with Crippen molar-refractivity contribution in [2.45, 2.75) is 43.4 Å². The van der Waals surface area contributed by atoms with Crippen LogP contribution < -0.4 is 14.8 Å². The van der Waals surface area contributed by atoms with Crippen molar-refractivity contribution in [1.29, 1.82) is 0 Å². The molecule has 1 N–H and O–H groups in total. The predicted octanol–water partition coefficient (Wildman–Crippen LogP) is 3.15. The SMILES string of the molecule is COc1cc(C2CCNC2)c(OC)c2c1C1CCC2C1. The zero-order valence-corrected chi connectivity index (χ0v) is 12.4. The molecule has 0 spiro atoms. The molecule has 1 heterocycles. The van der Waals surface area contributed by atoms with E-state index in [-0.39, 0.29) is 0 Å². The second-order valence-electron chi connectivity index (χ2n) is 6.43. The average Bonchev–Trinajstić information content (AvgIpc) is 3.21. The Morgan fingerprint density at radius 3 is 2.45 bits per heavy atom. The van der Waals surface area contributed by atoms with E-state index >= 15 is 0 Å². The molecule has 1 saturated carbocycles. The maximum atomic E-state index is 5.87. The number of ether oxygens (including phenoxy) is 2. The molecule has 0 radical (unpaired) electrons. The van der Waals surface area contributed by atoms with E-state index in [9.17, 15) is 0 Å². The van der Waals surface area contributed by atoms with Gasteiger partial charge in [-0.2, -0.15) is 0 Å². The van der Waals surface area contributed by atoms with Crippen molar-refractivity contribution in [3.63, 3.8) is 0 Å². The van der Waals surface area contributed by atoms with E-state index in [1.165, 1.54) is 48.1 Å². The highest BCUT2D eigenvalue weighted by Crippen LogP contribution is 2.60. The van der Waals surface area contributed by atoms with Gasteiger partial charge in [0.2, 0.25) is 0 Å². The molecule has 0 aromatic heterocycles. The van der Waals surface area contributed by atoms with Gasteiger partial charge in [-0.25, -0.2) is 0 Å². The van der Waals surface area contributed by atoms with Gasteiger partial charge < -0.3 is 14.8 Å². The Bertz CT molecular complexity index is 534. The lowest BCUT2D eigenvalue weighted by Crippen LogP contribution is -2.12. The third kappa shape index (κ3) is 1.62. The normalized spacial score (nSPS) is 30.6. The molecule has 1 saturated heterocycles. The summed E-state index contributed by atoms with van der Waals surface area (Å²) < 4.78 is 11.6. The first kappa shape index (κ1) is 12.5. The highest BCUT2D eigenvalue weighted by Gasteiger charge is 2.42. The number of hydrogen-bond acceptors (Lipinski definition) is 3. The average molecular weight is 273 g/mol. The maximum absolute atomic E-state index is 5.87. The Labute approximate surface area is 120 Å². The number of rotatable bonds is 3. The quantitative estimate of drug-likeness (QED) is 0.917. The molecule has 4 rings (SSSR count). The molecule has 20 heavy (non-hydrogen) atoms. The summed E-state index contributed by atoms with van der Waals surface area (Å²) in [6.45, 7) is 2.17. The third-order valence-corrected chi connectivity index (χ3v) is 5.52. The largest absolute Gasteiger partial charge is 0.496 e. The molecular weight excluding hydrogens is 250 g/mol. The van der Waals surface area contributed by atoms with Crippen molar-refractivity contribution in [2.75, 3.05) is 27.3 Å². The molecule has 108 valence electrons. The standard InChI is InChI=1S/C17H23NO2/c1-19-14-8-13(12-5-6-18-9-12)17(20-2)16-11-4-3-10(7-11)15(14)16/h8,10-12,18H,3-7,9H2,1-2H3. The van der Waals surface area contributed by atoms with Crippen LogP contribution >= 0.6 is 0 Å². The summed E-state index contributed by atoms with van der Waals surface area (Å²) >= 11 is 0. The lowest BCUT2D eigenvalue weighted by Gasteiger charge is -2.25. The van der Waals surface area contributed by atoms with E-state index < -0.39 is 0 Å². The minimum absolute atomic E-state index is 0.572. The molecule has 3 aliphatic rings. The van der Waals surface area contributed by atoms with Crippen LogP contribution in [-0.4, -0.2) is 27.3 Å². The molecule has 1 aromatic rings. The molecule has 3 unspecified atom stereocenters. The van der Waals surface area contributed by atoms with Crippen molar-refractivity contribution in [2.24, 2.45) is 0 Å². The van der Waals surface area contributed by atoms with Crippen LogP contribution in [0.1, 0.15) is 60.1 Å². The summed E-state index contributed by atoms with van der Waals surface area (Å²) in [6.07, 6.45) is 5.14. The van der Waals surface area contributed by atoms with Crippen molar-refractivity contribution in [1.82, 2.24) is 5.32 Å². The van der Waals surface area contributed by atoms with Crippen molar-refractivity contribution in [3.8, 4) is 11.5 Å². The van der Waals surface area contributed by atoms with E-state index in [1.807, 2.05) is 14.2 Å². The highest BCUT2D eigenvalue weighted by atomic mass is 16.5. The molecular formula is C17H23NO2. The maximum Gasteiger partial charge on any atom is 0.126 e. The Balaban J connectivity index is 1.90. The molecule has 3 atom stereocenters. The van der Waals surface area contributed by atoms with Crippen LogP contribution in [0.3, 0.4) is 0 Å². The Kier molecular flexibility index (Phi) is 2.92. The number of fused-ring (bicyclic) bond motifs is 5. The minimum Gasteiger partial charge on any atom is -0.496 e. The summed E-state index contributed by atoms with van der Waals surface area (Å²) in [5.41, 5.74) is 4.29. The van der Waals surface area contributed by atoms with Gasteiger partial charge in [0.25, 0.3) is 0 Å². The van der Waals surface area contributed by atoms with Crippen LogP contribution in [0, 0.1) is 0 Å². The summed E-state index contributed by atoms with van der Waals surface area (Å²) in [5, 5.41) is 3.46. The van der Waals surface area contributed by atoms with Gasteiger partial charge in [-0.05, 0) is 50.1 Å². The first-order chi connectivity index (χ1) is 9.83. The van der Waals surface area contributed by atoms with Gasteiger partial charge in [0, 0.05) is 29.2 Å². The van der Waals surface area contributed by atoms with Gasteiger partial charge >= 0.3 is 0 Å². The van der Waals surface area contributed by atoms with Crippen LogP contribution in [0.4, 0.5) is 0 Å². The van der Waals surface area contributed by atoms with Gasteiger partial charge in [0.1, 0.15) is 11.5 Å². The number of hydrogen-bond donors (Lipinski definition) is 1. The second kappa shape index (κ2) is 4.66. The van der Waals surface area contributed by atoms with E-state index in [2.05, 4.69) is 11.4 Å². The fourth-order valence-corrected chi connectivity index (χ4v) is 4.65. The fourth-order valence-electron chi connectivity index (χ4n) is 4.65. The van der Waals surface area contributed by atoms with Crippen molar-refractivity contribution < 1.29 is 9.47 Å². The summed E-state index contributed by atoms with van der Waals surface area (Å²) in [5.74, 6) is 4.25. The summed E-state index contributed by atoms with van der Waals surface area (Å²) in [4.78, 5) is 0. The molecule has 1 aliphatic heterocycles. The molecule has 2 fully saturated rings. The van der Waals surface area contributed by atoms with Gasteiger partial charge in [-0.1, -0.05) is 0 Å². The molecule has 2 aliphatic carbocycles. The predicted molar refractivity (Wildman–Crippen MR) is 79.1 cm³/mol. The topological polar surface area (TPSA) is 30.5 Å². The zero-order chi connectivity index (χ0) is 13.7. The minimum atomic E-state index is 0.572. The molecule has 2 bridgehead atoms. The zero-order valence-electron chi connectivity index (χ0n) is 12.4. The highest BCUT2D eigenvalue weighted by molar-refractivity contribution is 5.61. The first-order valence-corrected chi connectivity index (χ1v) is 7.82. The van der Waals surface area contributed by atoms with Gasteiger partial charge in [0.15, 0.2) is 0 Å². The Hall–Kier alpha value is -1.22. The molecule has 3 nitrogen and oxygen atoms in total. The van der Waals surface area contributed by atoms with E-state index in [4.69, 9.17) is 9.47 Å². The van der Waals surface area contributed by atoms with Gasteiger partial charge in [-0.3, -0.25) is 0 Å². The van der Waals surface area contributed by atoms with Crippen molar-refractivity contribution >= 4 is 0 Å². The number of nitrogens with one attached hydrogen (secondary N) is 1. The second-order valence-corrected chi connectivity index (χ2v) is 6.43. The monoisotopic (exact) mass is 273 g/mol. The number of benzene rings is 1. The third-order valence-electron chi connectivity index (χ3n) is 5.52. The van der Waals surface area contributed by atoms with Crippen LogP contribution in [0.25, 0.3) is 0 Å². The van der Waals surface area contributed by atoms with E-state index in [0.717, 1.165) is 18.8 Å². The van der Waals surface area contributed by atoms with E-state index in [0.29, 0.717) is 17.8 Å². The van der Waals surface area contributed by atoms with E-state index in [1.54, 1.807) is 0 Å². The lowest BCUT2D eigenvalue weighted by molar-refractivity contribution is 0.384. The van der Waals surface area contributed by atoms with Crippen LogP contribution in [0.5, 0.6) is 11.5 Å². The van der Waals surface area contributed by atoms with Crippen LogP contribution in [-0.2, 0) is 0 Å². The van der Waals surface area contributed by atoms with Crippen LogP contribution in [0.2, 0.25) is 0 Å². The van der Waals surface area contributed by atoms with Gasteiger partial charge in [-0.15, -0.1) is 0 Å². The van der Waals surface area contributed by atoms with Crippen molar-refractivity contribution in [3.05, 3.63) is 22.8 Å². The number of methoxy groups -OCH3 is 2. The summed E-state index contributed by atoms with van der Waals surface area (Å²) in [6, 6.07) is 2.26. The Morgan fingerprint density at radius 2 is 1.80 bits per heavy atom. The summed E-state index contributed by atoms with van der Waals surface area (Å²) in [7, 11) is 3.64. The molecule has 3 heteroatoms. The lowest BCUT2D eigenvalue weighted by atomic mass is 9.85. The van der Waals surface area contributed by atoms with Gasteiger partial charge in [0.05, 0.1) is 14.2 Å². The fraction of sp³-hybridized carbons (Fsp3) is 0.647.